The molecule has 0 spiro atoms. The van der Waals surface area contributed by atoms with Gasteiger partial charge >= 0.3 is 0 Å². The second kappa shape index (κ2) is 6.18. The van der Waals surface area contributed by atoms with Crippen LogP contribution in [0, 0.1) is 17.6 Å². The quantitative estimate of drug-likeness (QED) is 0.898. The number of phenols is 1. The molecule has 0 saturated heterocycles. The minimum absolute atomic E-state index is 0.0338. The molecular weight excluding hydrogens is 318 g/mol. The highest BCUT2D eigenvalue weighted by Crippen LogP contribution is 2.27. The summed E-state index contributed by atoms with van der Waals surface area (Å²) in [6.07, 6.45) is 1.79. The molecule has 3 rings (SSSR count). The van der Waals surface area contributed by atoms with E-state index in [0.717, 1.165) is 25.2 Å². The number of hydrogen-bond acceptors (Lipinski definition) is 4. The molecule has 8 heteroatoms. The Morgan fingerprint density at radius 1 is 1.33 bits per heavy atom. The summed E-state index contributed by atoms with van der Waals surface area (Å²) in [6.45, 7) is 4.55. The first-order valence-electron chi connectivity index (χ1n) is 7.79. The molecule has 1 aliphatic rings. The van der Waals surface area contributed by atoms with Gasteiger partial charge in [0.15, 0.2) is 5.82 Å². The van der Waals surface area contributed by atoms with E-state index in [-0.39, 0.29) is 5.92 Å². The number of aryl methyl sites for hydroxylation is 1. The number of benzene rings is 1. The largest absolute Gasteiger partial charge is 0.507 e. The Balaban J connectivity index is 1.91. The third-order valence-electron chi connectivity index (χ3n) is 4.13. The lowest BCUT2D eigenvalue weighted by Crippen LogP contribution is -2.34. The summed E-state index contributed by atoms with van der Waals surface area (Å²) in [4.78, 5) is 12.4. The van der Waals surface area contributed by atoms with E-state index in [9.17, 15) is 18.7 Å². The van der Waals surface area contributed by atoms with Crippen molar-refractivity contribution in [3.05, 3.63) is 41.0 Å². The molecule has 6 nitrogen and oxygen atoms in total. The molecule has 2 N–H and O–H groups in total. The first-order valence-corrected chi connectivity index (χ1v) is 7.79. The van der Waals surface area contributed by atoms with Gasteiger partial charge in [-0.3, -0.25) is 4.79 Å². The van der Waals surface area contributed by atoms with Crippen LogP contribution in [0.5, 0.6) is 5.75 Å². The number of carbonyl (C=O) groups excluding carboxylic acids is 1. The number of aromatic hydroxyl groups is 1. The lowest BCUT2D eigenvalue weighted by atomic mass is 10.0. The maximum atomic E-state index is 13.9. The SMILES string of the molecule is CC(C)[C@H](NC(=O)c1c(O)cc(F)cc1F)c1nnc2n1CCC2. The zero-order chi connectivity index (χ0) is 17.4. The minimum atomic E-state index is -1.11. The predicted molar refractivity (Wildman–Crippen MR) is 81.4 cm³/mol. The van der Waals surface area contributed by atoms with Crippen LogP contribution >= 0.6 is 0 Å². The van der Waals surface area contributed by atoms with Crippen LogP contribution in [-0.2, 0) is 13.0 Å². The summed E-state index contributed by atoms with van der Waals surface area (Å²) in [7, 11) is 0. The molecule has 1 amide bonds. The summed E-state index contributed by atoms with van der Waals surface area (Å²) in [5.74, 6) is -2.18. The molecule has 0 radical (unpaired) electrons. The van der Waals surface area contributed by atoms with Crippen LogP contribution in [0.2, 0.25) is 0 Å². The molecule has 1 aromatic heterocycles. The van der Waals surface area contributed by atoms with Crippen molar-refractivity contribution in [3.63, 3.8) is 0 Å². The normalized spacial score (nSPS) is 14.7. The van der Waals surface area contributed by atoms with Crippen LogP contribution in [0.15, 0.2) is 12.1 Å². The van der Waals surface area contributed by atoms with Crippen molar-refractivity contribution in [2.45, 2.75) is 39.3 Å². The van der Waals surface area contributed by atoms with Crippen molar-refractivity contribution in [1.29, 1.82) is 0 Å². The average molecular weight is 336 g/mol. The second-order valence-corrected chi connectivity index (χ2v) is 6.21. The Morgan fingerprint density at radius 2 is 2.08 bits per heavy atom. The van der Waals surface area contributed by atoms with Crippen LogP contribution in [0.4, 0.5) is 8.78 Å². The first-order chi connectivity index (χ1) is 11.4. The highest BCUT2D eigenvalue weighted by molar-refractivity contribution is 5.97. The molecule has 1 atom stereocenters. The molecule has 0 unspecified atom stereocenters. The topological polar surface area (TPSA) is 80.0 Å². The van der Waals surface area contributed by atoms with E-state index in [0.29, 0.717) is 18.0 Å². The number of rotatable bonds is 4. The number of nitrogens with one attached hydrogen (secondary N) is 1. The number of aromatic nitrogens is 3. The van der Waals surface area contributed by atoms with Gasteiger partial charge in [0.2, 0.25) is 0 Å². The van der Waals surface area contributed by atoms with Crippen LogP contribution < -0.4 is 5.32 Å². The molecule has 0 bridgehead atoms. The number of halogens is 2. The fourth-order valence-corrected chi connectivity index (χ4v) is 2.93. The van der Waals surface area contributed by atoms with E-state index in [1.807, 2.05) is 18.4 Å². The highest BCUT2D eigenvalue weighted by Gasteiger charge is 2.29. The minimum Gasteiger partial charge on any atom is -0.507 e. The van der Waals surface area contributed by atoms with E-state index < -0.39 is 34.9 Å². The number of hydrogen-bond donors (Lipinski definition) is 2. The zero-order valence-electron chi connectivity index (χ0n) is 13.4. The maximum absolute atomic E-state index is 13.9. The van der Waals surface area contributed by atoms with Gasteiger partial charge < -0.3 is 15.0 Å². The second-order valence-electron chi connectivity index (χ2n) is 6.21. The number of nitrogens with zero attached hydrogens (tertiary/aromatic N) is 3. The lowest BCUT2D eigenvalue weighted by molar-refractivity contribution is 0.0914. The average Bonchev–Trinajstić information content (AvgIpc) is 3.06. The van der Waals surface area contributed by atoms with Gasteiger partial charge in [-0.2, -0.15) is 0 Å². The molecule has 2 aromatic rings. The van der Waals surface area contributed by atoms with E-state index in [4.69, 9.17) is 0 Å². The van der Waals surface area contributed by atoms with E-state index in [1.54, 1.807) is 0 Å². The Hall–Kier alpha value is -2.51. The number of fused-ring (bicyclic) bond motifs is 1. The number of phenolic OH excluding ortho intramolecular Hbond substituents is 1. The fourth-order valence-electron chi connectivity index (χ4n) is 2.93. The number of amides is 1. The van der Waals surface area contributed by atoms with Crippen LogP contribution in [-0.4, -0.2) is 25.8 Å². The van der Waals surface area contributed by atoms with Crippen LogP contribution in [0.25, 0.3) is 0 Å². The van der Waals surface area contributed by atoms with Gasteiger partial charge in [-0.15, -0.1) is 10.2 Å². The van der Waals surface area contributed by atoms with E-state index >= 15 is 0 Å². The zero-order valence-corrected chi connectivity index (χ0v) is 13.4. The molecule has 128 valence electrons. The van der Waals surface area contributed by atoms with Crippen molar-refractivity contribution in [2.75, 3.05) is 0 Å². The van der Waals surface area contributed by atoms with Gasteiger partial charge in [-0.1, -0.05) is 13.8 Å². The molecule has 24 heavy (non-hydrogen) atoms. The highest BCUT2D eigenvalue weighted by atomic mass is 19.1. The van der Waals surface area contributed by atoms with Crippen molar-refractivity contribution >= 4 is 5.91 Å². The van der Waals surface area contributed by atoms with Crippen LogP contribution in [0.1, 0.15) is 48.3 Å². The summed E-state index contributed by atoms with van der Waals surface area (Å²) < 4.78 is 28.9. The van der Waals surface area contributed by atoms with Gasteiger partial charge in [-0.25, -0.2) is 8.78 Å². The van der Waals surface area contributed by atoms with Gasteiger partial charge in [0, 0.05) is 25.1 Å². The van der Waals surface area contributed by atoms with Crippen molar-refractivity contribution < 1.29 is 18.7 Å². The summed E-state index contributed by atoms with van der Waals surface area (Å²) in [6, 6.07) is 0.769. The Morgan fingerprint density at radius 3 is 2.75 bits per heavy atom. The van der Waals surface area contributed by atoms with Crippen molar-refractivity contribution in [1.82, 2.24) is 20.1 Å². The van der Waals surface area contributed by atoms with Crippen molar-refractivity contribution in [3.8, 4) is 5.75 Å². The standard InChI is InChI=1S/C16H18F2N4O2/c1-8(2)14(15-21-20-12-4-3-5-22(12)15)19-16(24)13-10(18)6-9(17)7-11(13)23/h6-8,14,23H,3-5H2,1-2H3,(H,19,24)/t14-/m0/s1. The summed E-state index contributed by atoms with van der Waals surface area (Å²) in [5, 5.41) is 20.6. The molecule has 0 aliphatic carbocycles. The number of carbonyl (C=O) groups is 1. The van der Waals surface area contributed by atoms with Gasteiger partial charge in [0.05, 0.1) is 6.04 Å². The smallest absolute Gasteiger partial charge is 0.258 e. The predicted octanol–water partition coefficient (Wildman–Crippen LogP) is 2.34. The Bertz CT molecular complexity index is 765. The third kappa shape index (κ3) is 2.83. The van der Waals surface area contributed by atoms with E-state index in [1.165, 1.54) is 0 Å². The monoisotopic (exact) mass is 336 g/mol. The van der Waals surface area contributed by atoms with Gasteiger partial charge in [0.25, 0.3) is 5.91 Å². The third-order valence-corrected chi connectivity index (χ3v) is 4.13. The molecular formula is C16H18F2N4O2. The molecule has 2 heterocycles. The lowest BCUT2D eigenvalue weighted by Gasteiger charge is -2.22. The maximum Gasteiger partial charge on any atom is 0.258 e. The fraction of sp³-hybridized carbons (Fsp3) is 0.438. The summed E-state index contributed by atoms with van der Waals surface area (Å²) >= 11 is 0. The van der Waals surface area contributed by atoms with Gasteiger partial charge in [-0.05, 0) is 12.3 Å². The molecule has 0 saturated carbocycles. The summed E-state index contributed by atoms with van der Waals surface area (Å²) in [5.41, 5.74) is -0.580. The molecule has 1 aliphatic heterocycles. The Labute approximate surface area is 137 Å². The van der Waals surface area contributed by atoms with Crippen molar-refractivity contribution in [2.24, 2.45) is 5.92 Å². The first kappa shape index (κ1) is 16.4. The van der Waals surface area contributed by atoms with Crippen LogP contribution in [0.3, 0.4) is 0 Å². The van der Waals surface area contributed by atoms with Gasteiger partial charge in [0.1, 0.15) is 28.8 Å². The van der Waals surface area contributed by atoms with E-state index in [2.05, 4.69) is 15.5 Å². The molecule has 0 fully saturated rings. The molecule has 1 aromatic carbocycles. The Kier molecular flexibility index (Phi) is 4.21.